The topological polar surface area (TPSA) is 41.6 Å². The fourth-order valence-electron chi connectivity index (χ4n) is 1.60. The van der Waals surface area contributed by atoms with E-state index in [1.807, 2.05) is 0 Å². The number of carbonyl (C=O) groups is 1. The first-order valence-electron chi connectivity index (χ1n) is 5.76. The molecule has 0 aliphatic rings. The normalized spacial score (nSPS) is 9.95. The highest BCUT2D eigenvalue weighted by atomic mass is 19.1. The molecule has 4 nitrogen and oxygen atoms in total. The van der Waals surface area contributed by atoms with Gasteiger partial charge in [-0.1, -0.05) is 0 Å². The van der Waals surface area contributed by atoms with E-state index < -0.39 is 17.7 Å². The van der Waals surface area contributed by atoms with E-state index in [2.05, 4.69) is 10.2 Å². The summed E-state index contributed by atoms with van der Waals surface area (Å²) in [4.78, 5) is 11.4. The summed E-state index contributed by atoms with van der Waals surface area (Å²) in [6, 6.07) is 10.9. The molecule has 0 atom stereocenters. The molecule has 2 rings (SSSR count). The SMILES string of the molecule is COC(=O)NN(c1ccc(F)cc1)c1ccc(F)cc1. The van der Waals surface area contributed by atoms with Gasteiger partial charge in [0.25, 0.3) is 0 Å². The Kier molecular flexibility index (Phi) is 4.14. The molecule has 0 unspecified atom stereocenters. The monoisotopic (exact) mass is 278 g/mol. The number of ether oxygens (including phenoxy) is 1. The smallest absolute Gasteiger partial charge is 0.426 e. The molecule has 2 aromatic carbocycles. The molecule has 0 saturated heterocycles. The second kappa shape index (κ2) is 6.01. The van der Waals surface area contributed by atoms with Crippen LogP contribution in [-0.2, 0) is 4.74 Å². The predicted octanol–water partition coefficient (Wildman–Crippen LogP) is 3.37. The minimum atomic E-state index is -0.696. The number of hydrogen-bond donors (Lipinski definition) is 1. The Balaban J connectivity index is 2.35. The number of methoxy groups -OCH3 is 1. The first-order valence-corrected chi connectivity index (χ1v) is 5.76. The number of halogens is 2. The van der Waals surface area contributed by atoms with Crippen LogP contribution in [0.1, 0.15) is 0 Å². The molecule has 1 N–H and O–H groups in total. The predicted molar refractivity (Wildman–Crippen MR) is 70.5 cm³/mol. The Morgan fingerprint density at radius 3 is 1.70 bits per heavy atom. The maximum atomic E-state index is 13.0. The number of hydrazine groups is 1. The van der Waals surface area contributed by atoms with E-state index in [1.165, 1.54) is 60.6 Å². The molecule has 20 heavy (non-hydrogen) atoms. The molecular weight excluding hydrogens is 266 g/mol. The lowest BCUT2D eigenvalue weighted by Gasteiger charge is -2.24. The number of nitrogens with one attached hydrogen (secondary N) is 1. The van der Waals surface area contributed by atoms with Gasteiger partial charge in [-0.3, -0.25) is 5.01 Å². The highest BCUT2D eigenvalue weighted by Gasteiger charge is 2.13. The van der Waals surface area contributed by atoms with E-state index in [4.69, 9.17) is 0 Å². The summed E-state index contributed by atoms with van der Waals surface area (Å²) in [6.45, 7) is 0. The van der Waals surface area contributed by atoms with E-state index >= 15 is 0 Å². The molecule has 0 aromatic heterocycles. The average molecular weight is 278 g/mol. The first kappa shape index (κ1) is 13.8. The van der Waals surface area contributed by atoms with Crippen molar-refractivity contribution in [2.45, 2.75) is 0 Å². The van der Waals surface area contributed by atoms with Crippen LogP contribution >= 0.6 is 0 Å². The number of anilines is 2. The molecule has 0 radical (unpaired) electrons. The molecule has 1 amide bonds. The van der Waals surface area contributed by atoms with E-state index in [-0.39, 0.29) is 0 Å². The lowest BCUT2D eigenvalue weighted by atomic mass is 10.2. The van der Waals surface area contributed by atoms with Crippen molar-refractivity contribution in [1.29, 1.82) is 0 Å². The fourth-order valence-corrected chi connectivity index (χ4v) is 1.60. The molecule has 0 bridgehead atoms. The van der Waals surface area contributed by atoms with Gasteiger partial charge in [-0.25, -0.2) is 19.0 Å². The van der Waals surface area contributed by atoms with Crippen molar-refractivity contribution >= 4 is 17.5 Å². The van der Waals surface area contributed by atoms with Crippen LogP contribution in [0.15, 0.2) is 48.5 Å². The lowest BCUT2D eigenvalue weighted by Crippen LogP contribution is -2.38. The van der Waals surface area contributed by atoms with E-state index in [1.54, 1.807) is 0 Å². The van der Waals surface area contributed by atoms with Gasteiger partial charge < -0.3 is 4.74 Å². The number of nitrogens with zero attached hydrogens (tertiary/aromatic N) is 1. The second-order valence-electron chi connectivity index (χ2n) is 3.89. The quantitative estimate of drug-likeness (QED) is 0.875. The molecule has 2 aromatic rings. The molecule has 0 heterocycles. The number of rotatable bonds is 3. The van der Waals surface area contributed by atoms with Gasteiger partial charge in [0, 0.05) is 0 Å². The van der Waals surface area contributed by atoms with Gasteiger partial charge in [0.2, 0.25) is 0 Å². The van der Waals surface area contributed by atoms with Crippen molar-refractivity contribution in [3.8, 4) is 0 Å². The van der Waals surface area contributed by atoms with Gasteiger partial charge in [0.15, 0.2) is 0 Å². The third-order valence-electron chi connectivity index (χ3n) is 2.56. The number of carbonyl (C=O) groups excluding carboxylic acids is 1. The van der Waals surface area contributed by atoms with Crippen LogP contribution in [0.5, 0.6) is 0 Å². The van der Waals surface area contributed by atoms with Crippen molar-refractivity contribution < 1.29 is 18.3 Å². The number of benzene rings is 2. The minimum absolute atomic E-state index is 0.397. The van der Waals surface area contributed by atoms with Crippen molar-refractivity contribution in [2.75, 3.05) is 12.1 Å². The van der Waals surface area contributed by atoms with Gasteiger partial charge in [0.05, 0.1) is 18.5 Å². The van der Waals surface area contributed by atoms with Crippen LogP contribution in [0.2, 0.25) is 0 Å². The molecular formula is C14H12F2N2O2. The highest BCUT2D eigenvalue weighted by molar-refractivity contribution is 5.74. The van der Waals surface area contributed by atoms with Gasteiger partial charge >= 0.3 is 6.09 Å². The van der Waals surface area contributed by atoms with E-state index in [0.29, 0.717) is 11.4 Å². The van der Waals surface area contributed by atoms with Crippen LogP contribution in [0.4, 0.5) is 25.0 Å². The Morgan fingerprint density at radius 2 is 1.35 bits per heavy atom. The Morgan fingerprint density at radius 1 is 0.950 bits per heavy atom. The fraction of sp³-hybridized carbons (Fsp3) is 0.0714. The molecule has 0 fully saturated rings. The molecule has 0 saturated carbocycles. The van der Waals surface area contributed by atoms with Crippen molar-refractivity contribution in [3.05, 3.63) is 60.2 Å². The summed E-state index contributed by atoms with van der Waals surface area (Å²) in [5.74, 6) is -0.795. The summed E-state index contributed by atoms with van der Waals surface area (Å²) < 4.78 is 30.4. The van der Waals surface area contributed by atoms with Crippen LogP contribution in [0, 0.1) is 11.6 Å². The summed E-state index contributed by atoms with van der Waals surface area (Å²) in [6.07, 6.45) is -0.696. The zero-order valence-electron chi connectivity index (χ0n) is 10.6. The summed E-state index contributed by atoms with van der Waals surface area (Å²) in [5, 5.41) is 1.37. The lowest BCUT2D eigenvalue weighted by molar-refractivity contribution is 0.171. The highest BCUT2D eigenvalue weighted by Crippen LogP contribution is 2.23. The zero-order valence-corrected chi connectivity index (χ0v) is 10.6. The van der Waals surface area contributed by atoms with Crippen LogP contribution in [0.3, 0.4) is 0 Å². The average Bonchev–Trinajstić information content (AvgIpc) is 2.46. The van der Waals surface area contributed by atoms with Crippen LogP contribution in [-0.4, -0.2) is 13.2 Å². The molecule has 0 spiro atoms. The standard InChI is InChI=1S/C14H12F2N2O2/c1-20-14(19)17-18(12-6-2-10(15)3-7-12)13-8-4-11(16)5-9-13/h2-9H,1H3,(H,17,19). The van der Waals surface area contributed by atoms with E-state index in [9.17, 15) is 13.6 Å². The van der Waals surface area contributed by atoms with Crippen LogP contribution < -0.4 is 10.4 Å². The van der Waals surface area contributed by atoms with E-state index in [0.717, 1.165) is 0 Å². The second-order valence-corrected chi connectivity index (χ2v) is 3.89. The van der Waals surface area contributed by atoms with Gasteiger partial charge in [-0.15, -0.1) is 0 Å². The third-order valence-corrected chi connectivity index (χ3v) is 2.56. The third kappa shape index (κ3) is 3.23. The number of amides is 1. The Bertz CT molecular complexity index is 540. The van der Waals surface area contributed by atoms with Gasteiger partial charge in [0.1, 0.15) is 11.6 Å². The zero-order chi connectivity index (χ0) is 14.5. The largest absolute Gasteiger partial charge is 0.452 e. The maximum Gasteiger partial charge on any atom is 0.426 e. The number of hydrogen-bond acceptors (Lipinski definition) is 3. The Hall–Kier alpha value is -2.63. The van der Waals surface area contributed by atoms with Gasteiger partial charge in [-0.2, -0.15) is 0 Å². The van der Waals surface area contributed by atoms with Crippen LogP contribution in [0.25, 0.3) is 0 Å². The summed E-state index contributed by atoms with van der Waals surface area (Å²) >= 11 is 0. The van der Waals surface area contributed by atoms with Gasteiger partial charge in [-0.05, 0) is 48.5 Å². The van der Waals surface area contributed by atoms with Crippen molar-refractivity contribution in [1.82, 2.24) is 5.43 Å². The summed E-state index contributed by atoms with van der Waals surface area (Å²) in [5.41, 5.74) is 3.47. The van der Waals surface area contributed by atoms with Crippen molar-refractivity contribution in [3.63, 3.8) is 0 Å². The minimum Gasteiger partial charge on any atom is -0.452 e. The molecule has 104 valence electrons. The molecule has 6 heteroatoms. The molecule has 0 aliphatic carbocycles. The maximum absolute atomic E-state index is 13.0. The summed E-state index contributed by atoms with van der Waals surface area (Å²) in [7, 11) is 1.23. The molecule has 0 aliphatic heterocycles. The first-order chi connectivity index (χ1) is 9.60. The van der Waals surface area contributed by atoms with Crippen molar-refractivity contribution in [2.24, 2.45) is 0 Å². The Labute approximate surface area is 114 Å².